The van der Waals surface area contributed by atoms with Gasteiger partial charge in [0.05, 0.1) is 9.90 Å². The van der Waals surface area contributed by atoms with Gasteiger partial charge in [0.25, 0.3) is 0 Å². The van der Waals surface area contributed by atoms with Crippen LogP contribution in [0.3, 0.4) is 0 Å². The first-order valence-corrected chi connectivity index (χ1v) is 8.84. The van der Waals surface area contributed by atoms with Crippen molar-refractivity contribution in [3.63, 3.8) is 0 Å². The Bertz CT molecular complexity index is 774. The first-order valence-electron chi connectivity index (χ1n) is 6.83. The Labute approximate surface area is 143 Å². The van der Waals surface area contributed by atoms with E-state index in [1.165, 1.54) is 14.7 Å². The highest BCUT2D eigenvalue weighted by atomic mass is 35.5. The van der Waals surface area contributed by atoms with E-state index in [1.807, 2.05) is 42.6 Å². The van der Waals surface area contributed by atoms with Crippen LogP contribution in [0.4, 0.5) is 5.69 Å². The van der Waals surface area contributed by atoms with Gasteiger partial charge in [-0.05, 0) is 55.5 Å². The van der Waals surface area contributed by atoms with Crippen LogP contribution in [0, 0.1) is 6.92 Å². The highest BCUT2D eigenvalue weighted by molar-refractivity contribution is 8.01. The zero-order chi connectivity index (χ0) is 15.4. The quantitative estimate of drug-likeness (QED) is 0.485. The Morgan fingerprint density at radius 2 is 1.68 bits per heavy atom. The SMILES string of the molecule is Cc1ccc(N=Cc2ccc(Sc3ccc(Cl)cc3)s2)cc1. The smallest absolute Gasteiger partial charge is 0.0653 e. The molecule has 0 fully saturated rings. The van der Waals surface area contributed by atoms with Gasteiger partial charge in [0.15, 0.2) is 0 Å². The molecular weight excluding hydrogens is 330 g/mol. The molecule has 1 aromatic heterocycles. The fourth-order valence-corrected chi connectivity index (χ4v) is 3.97. The lowest BCUT2D eigenvalue weighted by atomic mass is 10.2. The molecule has 2 aromatic carbocycles. The Balaban J connectivity index is 1.68. The lowest BCUT2D eigenvalue weighted by molar-refractivity contribution is 1.44. The number of aryl methyl sites for hydroxylation is 1. The summed E-state index contributed by atoms with van der Waals surface area (Å²) in [6.07, 6.45) is 1.92. The summed E-state index contributed by atoms with van der Waals surface area (Å²) in [6.45, 7) is 2.08. The molecule has 3 rings (SSSR count). The van der Waals surface area contributed by atoms with Crippen molar-refractivity contribution in [3.8, 4) is 0 Å². The van der Waals surface area contributed by atoms with Crippen LogP contribution in [0.15, 0.2) is 74.8 Å². The lowest BCUT2D eigenvalue weighted by Gasteiger charge is -1.97. The van der Waals surface area contributed by atoms with Gasteiger partial charge in [-0.3, -0.25) is 4.99 Å². The number of rotatable bonds is 4. The molecule has 0 saturated heterocycles. The predicted molar refractivity (Wildman–Crippen MR) is 98.3 cm³/mol. The molecule has 0 N–H and O–H groups in total. The van der Waals surface area contributed by atoms with Gasteiger partial charge in [0, 0.05) is 21.0 Å². The van der Waals surface area contributed by atoms with Crippen LogP contribution < -0.4 is 0 Å². The van der Waals surface area contributed by atoms with E-state index in [0.29, 0.717) is 0 Å². The van der Waals surface area contributed by atoms with Crippen LogP contribution in [0.1, 0.15) is 10.4 Å². The van der Waals surface area contributed by atoms with E-state index in [0.717, 1.165) is 15.6 Å². The number of aliphatic imine (C=N–C) groups is 1. The number of nitrogens with zero attached hydrogens (tertiary/aromatic N) is 1. The minimum atomic E-state index is 0.765. The maximum atomic E-state index is 5.90. The summed E-state index contributed by atoms with van der Waals surface area (Å²) >= 11 is 9.38. The summed E-state index contributed by atoms with van der Waals surface area (Å²) in [4.78, 5) is 6.85. The molecule has 0 unspecified atom stereocenters. The number of benzene rings is 2. The summed E-state index contributed by atoms with van der Waals surface area (Å²) in [5.74, 6) is 0. The number of thiophene rings is 1. The van der Waals surface area contributed by atoms with E-state index in [1.54, 1.807) is 23.1 Å². The first kappa shape index (κ1) is 15.3. The van der Waals surface area contributed by atoms with Gasteiger partial charge in [-0.2, -0.15) is 0 Å². The van der Waals surface area contributed by atoms with Crippen molar-refractivity contribution in [2.75, 3.05) is 0 Å². The Hall–Kier alpha value is -1.55. The lowest BCUT2D eigenvalue weighted by Crippen LogP contribution is -1.73. The van der Waals surface area contributed by atoms with E-state index in [2.05, 4.69) is 36.2 Å². The van der Waals surface area contributed by atoms with Gasteiger partial charge in [-0.25, -0.2) is 0 Å². The molecule has 0 amide bonds. The van der Waals surface area contributed by atoms with Gasteiger partial charge in [-0.15, -0.1) is 11.3 Å². The summed E-state index contributed by atoms with van der Waals surface area (Å²) < 4.78 is 1.24. The van der Waals surface area contributed by atoms with E-state index in [-0.39, 0.29) is 0 Å². The maximum Gasteiger partial charge on any atom is 0.0653 e. The van der Waals surface area contributed by atoms with Crippen LogP contribution in [0.5, 0.6) is 0 Å². The average Bonchev–Trinajstić information content (AvgIpc) is 2.97. The molecule has 0 aliphatic carbocycles. The normalized spacial score (nSPS) is 11.2. The minimum absolute atomic E-state index is 0.765. The van der Waals surface area contributed by atoms with Gasteiger partial charge >= 0.3 is 0 Å². The van der Waals surface area contributed by atoms with E-state index in [4.69, 9.17) is 11.6 Å². The molecule has 0 aliphatic rings. The Morgan fingerprint density at radius 3 is 2.41 bits per heavy atom. The second-order valence-corrected chi connectivity index (χ2v) is 7.73. The zero-order valence-corrected chi connectivity index (χ0v) is 14.4. The van der Waals surface area contributed by atoms with Crippen LogP contribution in [0.25, 0.3) is 0 Å². The molecule has 4 heteroatoms. The molecular formula is C18H14ClNS2. The fraction of sp³-hybridized carbons (Fsp3) is 0.0556. The van der Waals surface area contributed by atoms with Crippen molar-refractivity contribution >= 4 is 46.6 Å². The molecule has 1 heterocycles. The molecule has 0 spiro atoms. The van der Waals surface area contributed by atoms with Gasteiger partial charge in [-0.1, -0.05) is 41.1 Å². The van der Waals surface area contributed by atoms with Crippen LogP contribution in [0.2, 0.25) is 5.02 Å². The van der Waals surface area contributed by atoms with Crippen molar-refractivity contribution in [1.82, 2.24) is 0 Å². The van der Waals surface area contributed by atoms with Crippen LogP contribution in [-0.4, -0.2) is 6.21 Å². The third-order valence-electron chi connectivity index (χ3n) is 3.01. The first-order chi connectivity index (χ1) is 10.7. The molecule has 1 nitrogen and oxygen atoms in total. The van der Waals surface area contributed by atoms with Crippen molar-refractivity contribution in [3.05, 3.63) is 76.1 Å². The molecule has 110 valence electrons. The molecule has 0 bridgehead atoms. The largest absolute Gasteiger partial charge is 0.255 e. The third-order valence-corrected chi connectivity index (χ3v) is 5.42. The Kier molecular flexibility index (Phi) is 4.98. The molecule has 0 saturated carbocycles. The summed E-state index contributed by atoms with van der Waals surface area (Å²) in [6, 6.07) is 20.3. The van der Waals surface area contributed by atoms with E-state index >= 15 is 0 Å². The number of halogens is 1. The van der Waals surface area contributed by atoms with Gasteiger partial charge < -0.3 is 0 Å². The third kappa shape index (κ3) is 4.23. The molecule has 0 radical (unpaired) electrons. The standard InChI is InChI=1S/C18H14ClNS2/c1-13-2-6-15(7-3-13)20-12-17-10-11-18(22-17)21-16-8-4-14(19)5-9-16/h2-12H,1H3. The summed E-state index contributed by atoms with van der Waals surface area (Å²) in [5.41, 5.74) is 2.22. The van der Waals surface area contributed by atoms with Crippen molar-refractivity contribution < 1.29 is 0 Å². The molecule has 3 aromatic rings. The topological polar surface area (TPSA) is 12.4 Å². The molecule has 0 aliphatic heterocycles. The zero-order valence-electron chi connectivity index (χ0n) is 12.0. The highest BCUT2D eigenvalue weighted by Gasteiger charge is 2.01. The number of hydrogen-bond donors (Lipinski definition) is 0. The van der Waals surface area contributed by atoms with Gasteiger partial charge in [0.1, 0.15) is 0 Å². The van der Waals surface area contributed by atoms with E-state index in [9.17, 15) is 0 Å². The van der Waals surface area contributed by atoms with Crippen molar-refractivity contribution in [1.29, 1.82) is 0 Å². The van der Waals surface area contributed by atoms with Crippen LogP contribution >= 0.6 is 34.7 Å². The maximum absolute atomic E-state index is 5.90. The minimum Gasteiger partial charge on any atom is -0.255 e. The van der Waals surface area contributed by atoms with Crippen molar-refractivity contribution in [2.24, 2.45) is 4.99 Å². The molecule has 22 heavy (non-hydrogen) atoms. The average molecular weight is 344 g/mol. The Morgan fingerprint density at radius 1 is 0.955 bits per heavy atom. The fourth-order valence-electron chi connectivity index (χ4n) is 1.85. The van der Waals surface area contributed by atoms with Gasteiger partial charge in [0.2, 0.25) is 0 Å². The molecule has 0 atom stereocenters. The second kappa shape index (κ2) is 7.14. The second-order valence-electron chi connectivity index (χ2n) is 4.81. The monoisotopic (exact) mass is 343 g/mol. The summed E-state index contributed by atoms with van der Waals surface area (Å²) in [5, 5.41) is 0.765. The van der Waals surface area contributed by atoms with Crippen molar-refractivity contribution in [2.45, 2.75) is 16.0 Å². The predicted octanol–water partition coefficient (Wildman–Crippen LogP) is 6.61. The van der Waals surface area contributed by atoms with E-state index < -0.39 is 0 Å². The van der Waals surface area contributed by atoms with Crippen LogP contribution in [-0.2, 0) is 0 Å². The summed E-state index contributed by atoms with van der Waals surface area (Å²) in [7, 11) is 0. The number of hydrogen-bond acceptors (Lipinski definition) is 3. The highest BCUT2D eigenvalue weighted by Crippen LogP contribution is 2.33.